The molecule has 3 aliphatic carbocycles. The molecule has 0 spiro atoms. The Hall–Kier alpha value is -0.280. The normalized spacial score (nSPS) is 44.0. The van der Waals surface area contributed by atoms with Crippen LogP contribution in [0.25, 0.3) is 0 Å². The zero-order valence-corrected chi connectivity index (χ0v) is 11.2. The van der Waals surface area contributed by atoms with Gasteiger partial charge < -0.3 is 11.1 Å². The molecule has 0 radical (unpaired) electrons. The van der Waals surface area contributed by atoms with E-state index in [1.807, 2.05) is 0 Å². The quantitative estimate of drug-likeness (QED) is 0.792. The molecule has 0 saturated heterocycles. The minimum atomic E-state index is -0.362. The molecule has 98 valence electrons. The molecule has 0 aromatic carbocycles. The van der Waals surface area contributed by atoms with Crippen LogP contribution in [-0.2, 0) is 4.79 Å². The van der Waals surface area contributed by atoms with Crippen molar-refractivity contribution in [2.75, 3.05) is 0 Å². The van der Waals surface area contributed by atoms with E-state index in [1.54, 1.807) is 6.92 Å². The molecule has 5 unspecified atom stereocenters. The monoisotopic (exact) mass is 258 g/mol. The van der Waals surface area contributed by atoms with E-state index in [1.165, 1.54) is 32.1 Å². The molecule has 3 nitrogen and oxygen atoms in total. The van der Waals surface area contributed by atoms with Crippen molar-refractivity contribution in [3.63, 3.8) is 0 Å². The Labute approximate surface area is 109 Å². The highest BCUT2D eigenvalue weighted by Gasteiger charge is 2.54. The van der Waals surface area contributed by atoms with Crippen LogP contribution < -0.4 is 11.1 Å². The lowest BCUT2D eigenvalue weighted by atomic mass is 9.79. The van der Waals surface area contributed by atoms with E-state index < -0.39 is 0 Å². The summed E-state index contributed by atoms with van der Waals surface area (Å²) in [6.07, 6.45) is 6.83. The molecule has 3 saturated carbocycles. The number of carbonyl (C=O) groups is 1. The van der Waals surface area contributed by atoms with Crippen LogP contribution in [0.15, 0.2) is 0 Å². The molecule has 0 aliphatic heterocycles. The van der Waals surface area contributed by atoms with Gasteiger partial charge in [0.05, 0.1) is 6.04 Å². The van der Waals surface area contributed by atoms with E-state index in [0.717, 1.165) is 23.7 Å². The van der Waals surface area contributed by atoms with E-state index in [0.29, 0.717) is 6.04 Å². The van der Waals surface area contributed by atoms with Gasteiger partial charge in [-0.15, -0.1) is 12.4 Å². The lowest BCUT2D eigenvalue weighted by Crippen LogP contribution is -2.47. The van der Waals surface area contributed by atoms with Gasteiger partial charge in [-0.05, 0) is 56.3 Å². The molecule has 6 atom stereocenters. The predicted molar refractivity (Wildman–Crippen MR) is 69.9 cm³/mol. The predicted octanol–water partition coefficient (Wildman–Crippen LogP) is 1.70. The van der Waals surface area contributed by atoms with Crippen molar-refractivity contribution in [2.24, 2.45) is 29.4 Å². The molecule has 3 rings (SSSR count). The fourth-order valence-electron chi connectivity index (χ4n) is 4.55. The highest BCUT2D eigenvalue weighted by Crippen LogP contribution is 2.58. The van der Waals surface area contributed by atoms with Crippen molar-refractivity contribution in [1.82, 2.24) is 5.32 Å². The molecular weight excluding hydrogens is 236 g/mol. The van der Waals surface area contributed by atoms with Gasteiger partial charge in [0.2, 0.25) is 5.91 Å². The summed E-state index contributed by atoms with van der Waals surface area (Å²) in [4.78, 5) is 11.6. The fraction of sp³-hybridized carbons (Fsp3) is 0.923. The summed E-state index contributed by atoms with van der Waals surface area (Å²) in [5, 5.41) is 3.16. The van der Waals surface area contributed by atoms with Gasteiger partial charge >= 0.3 is 0 Å². The first-order chi connectivity index (χ1) is 7.66. The van der Waals surface area contributed by atoms with Crippen LogP contribution in [-0.4, -0.2) is 18.0 Å². The maximum absolute atomic E-state index is 11.6. The van der Waals surface area contributed by atoms with Crippen molar-refractivity contribution < 1.29 is 4.79 Å². The summed E-state index contributed by atoms with van der Waals surface area (Å²) in [7, 11) is 0. The van der Waals surface area contributed by atoms with Crippen LogP contribution in [0.4, 0.5) is 0 Å². The van der Waals surface area contributed by atoms with Crippen molar-refractivity contribution in [1.29, 1.82) is 0 Å². The molecule has 4 heteroatoms. The SMILES string of the molecule is C[C@@H](N)C(=O)NC1CC2CC1C1CCCC21.Cl. The summed E-state index contributed by atoms with van der Waals surface area (Å²) >= 11 is 0. The highest BCUT2D eigenvalue weighted by atomic mass is 35.5. The molecular formula is C13H23ClN2O. The van der Waals surface area contributed by atoms with Gasteiger partial charge in [0, 0.05) is 6.04 Å². The van der Waals surface area contributed by atoms with E-state index in [9.17, 15) is 4.79 Å². The number of halogens is 1. The maximum atomic E-state index is 11.6. The fourth-order valence-corrected chi connectivity index (χ4v) is 4.55. The van der Waals surface area contributed by atoms with Crippen LogP contribution in [0, 0.1) is 23.7 Å². The summed E-state index contributed by atoms with van der Waals surface area (Å²) in [6.45, 7) is 1.76. The smallest absolute Gasteiger partial charge is 0.236 e. The molecule has 17 heavy (non-hydrogen) atoms. The molecule has 3 fully saturated rings. The Morgan fingerprint density at radius 3 is 2.65 bits per heavy atom. The lowest BCUT2D eigenvalue weighted by molar-refractivity contribution is -0.123. The molecule has 0 aromatic rings. The number of carbonyl (C=O) groups excluding carboxylic acids is 1. The largest absolute Gasteiger partial charge is 0.352 e. The molecule has 0 aromatic heterocycles. The van der Waals surface area contributed by atoms with Gasteiger partial charge in [-0.1, -0.05) is 6.42 Å². The molecule has 2 bridgehead atoms. The number of nitrogens with two attached hydrogens (primary N) is 1. The second-order valence-corrected chi connectivity index (χ2v) is 6.06. The van der Waals surface area contributed by atoms with Crippen molar-refractivity contribution in [3.05, 3.63) is 0 Å². The summed E-state index contributed by atoms with van der Waals surface area (Å²) < 4.78 is 0. The first-order valence-corrected chi connectivity index (χ1v) is 6.72. The average molecular weight is 259 g/mol. The van der Waals surface area contributed by atoms with E-state index in [2.05, 4.69) is 5.32 Å². The van der Waals surface area contributed by atoms with E-state index in [4.69, 9.17) is 5.73 Å². The van der Waals surface area contributed by atoms with Crippen LogP contribution in [0.1, 0.15) is 39.0 Å². The van der Waals surface area contributed by atoms with E-state index in [-0.39, 0.29) is 24.4 Å². The number of rotatable bonds is 2. The molecule has 3 N–H and O–H groups in total. The van der Waals surface area contributed by atoms with Crippen molar-refractivity contribution in [2.45, 2.75) is 51.1 Å². The van der Waals surface area contributed by atoms with Crippen LogP contribution in [0.5, 0.6) is 0 Å². The zero-order chi connectivity index (χ0) is 11.3. The Bertz CT molecular complexity index is 308. The van der Waals surface area contributed by atoms with Gasteiger partial charge in [-0.2, -0.15) is 0 Å². The zero-order valence-electron chi connectivity index (χ0n) is 10.4. The van der Waals surface area contributed by atoms with Crippen molar-refractivity contribution in [3.8, 4) is 0 Å². The van der Waals surface area contributed by atoms with Gasteiger partial charge in [-0.25, -0.2) is 0 Å². The maximum Gasteiger partial charge on any atom is 0.236 e. The lowest BCUT2D eigenvalue weighted by Gasteiger charge is -2.32. The van der Waals surface area contributed by atoms with Gasteiger partial charge in [0.15, 0.2) is 0 Å². The molecule has 3 aliphatic rings. The van der Waals surface area contributed by atoms with Gasteiger partial charge in [0.25, 0.3) is 0 Å². The van der Waals surface area contributed by atoms with Crippen LogP contribution >= 0.6 is 12.4 Å². The Kier molecular flexibility index (Phi) is 3.69. The van der Waals surface area contributed by atoms with Gasteiger partial charge in [0.1, 0.15) is 0 Å². The van der Waals surface area contributed by atoms with Crippen molar-refractivity contribution >= 4 is 18.3 Å². The summed E-state index contributed by atoms with van der Waals surface area (Å²) in [6, 6.07) is 0.0707. The minimum Gasteiger partial charge on any atom is -0.352 e. The number of nitrogens with one attached hydrogen (secondary N) is 1. The number of hydrogen-bond donors (Lipinski definition) is 2. The highest BCUT2D eigenvalue weighted by molar-refractivity contribution is 5.85. The topological polar surface area (TPSA) is 55.1 Å². The minimum absolute atomic E-state index is 0. The Morgan fingerprint density at radius 1 is 1.24 bits per heavy atom. The number of amides is 1. The number of hydrogen-bond acceptors (Lipinski definition) is 2. The Morgan fingerprint density at radius 2 is 1.94 bits per heavy atom. The first kappa shape index (κ1) is 13.2. The second kappa shape index (κ2) is 4.77. The third-order valence-electron chi connectivity index (χ3n) is 5.17. The summed E-state index contributed by atoms with van der Waals surface area (Å²) in [5.41, 5.74) is 5.61. The summed E-state index contributed by atoms with van der Waals surface area (Å²) in [5.74, 6) is 3.61. The van der Waals surface area contributed by atoms with E-state index >= 15 is 0 Å². The standard InChI is InChI=1S/C13H22N2O.ClH/c1-7(14)13(16)15-12-6-8-5-11(12)10-4-2-3-9(8)10;/h7-12H,2-6,14H2,1H3,(H,15,16);1H/t7-,8?,9?,10?,11?,12?;/m1./s1. The van der Waals surface area contributed by atoms with Crippen LogP contribution in [0.3, 0.4) is 0 Å². The van der Waals surface area contributed by atoms with Crippen LogP contribution in [0.2, 0.25) is 0 Å². The number of fused-ring (bicyclic) bond motifs is 5. The molecule has 1 amide bonds. The van der Waals surface area contributed by atoms with Gasteiger partial charge in [-0.3, -0.25) is 4.79 Å². The second-order valence-electron chi connectivity index (χ2n) is 6.06. The Balaban J connectivity index is 0.00000108. The average Bonchev–Trinajstić information content (AvgIpc) is 2.87. The first-order valence-electron chi connectivity index (χ1n) is 6.72. The third-order valence-corrected chi connectivity index (χ3v) is 5.17. The third kappa shape index (κ3) is 2.08. The molecule has 0 heterocycles.